The standard InChI is InChI=1S/C12H18ClFN2S/c1-8(2)17-7-11(16-15)6-9-5-10(14)3-4-12(9)13/h3-5,8,11,16H,6-7,15H2,1-2H3. The molecular weight excluding hydrogens is 259 g/mol. The predicted octanol–water partition coefficient (Wildman–Crippen LogP) is 3.00. The van der Waals surface area contributed by atoms with Gasteiger partial charge in [0, 0.05) is 16.8 Å². The molecule has 0 aliphatic heterocycles. The topological polar surface area (TPSA) is 38.0 Å². The molecule has 1 unspecified atom stereocenters. The van der Waals surface area contributed by atoms with Crippen molar-refractivity contribution in [3.05, 3.63) is 34.6 Å². The molecule has 17 heavy (non-hydrogen) atoms. The fourth-order valence-electron chi connectivity index (χ4n) is 1.44. The third kappa shape index (κ3) is 5.25. The summed E-state index contributed by atoms with van der Waals surface area (Å²) in [5.74, 6) is 6.10. The number of rotatable bonds is 6. The van der Waals surface area contributed by atoms with Crippen LogP contribution in [-0.2, 0) is 6.42 Å². The first-order valence-electron chi connectivity index (χ1n) is 5.54. The Morgan fingerprint density at radius 2 is 2.18 bits per heavy atom. The Labute approximate surface area is 111 Å². The van der Waals surface area contributed by atoms with Crippen molar-refractivity contribution in [2.75, 3.05) is 5.75 Å². The molecule has 1 aromatic rings. The van der Waals surface area contributed by atoms with Crippen molar-refractivity contribution in [3.8, 4) is 0 Å². The Kier molecular flexibility index (Phi) is 6.27. The summed E-state index contributed by atoms with van der Waals surface area (Å²) in [6.45, 7) is 4.26. The van der Waals surface area contributed by atoms with Crippen LogP contribution in [0.5, 0.6) is 0 Å². The van der Waals surface area contributed by atoms with Crippen LogP contribution < -0.4 is 11.3 Å². The summed E-state index contributed by atoms with van der Waals surface area (Å²) in [4.78, 5) is 0. The lowest BCUT2D eigenvalue weighted by molar-refractivity contribution is 0.570. The van der Waals surface area contributed by atoms with Gasteiger partial charge in [-0.05, 0) is 35.4 Å². The molecule has 3 N–H and O–H groups in total. The summed E-state index contributed by atoms with van der Waals surface area (Å²) in [5.41, 5.74) is 3.54. The second-order valence-electron chi connectivity index (χ2n) is 4.19. The molecule has 0 radical (unpaired) electrons. The second-order valence-corrected chi connectivity index (χ2v) is 6.20. The lowest BCUT2D eigenvalue weighted by atomic mass is 10.1. The molecule has 2 nitrogen and oxygen atoms in total. The smallest absolute Gasteiger partial charge is 0.123 e. The molecule has 0 fully saturated rings. The number of benzene rings is 1. The first-order valence-corrected chi connectivity index (χ1v) is 6.97. The summed E-state index contributed by atoms with van der Waals surface area (Å²) >= 11 is 7.83. The fraction of sp³-hybridized carbons (Fsp3) is 0.500. The molecule has 0 amide bonds. The third-order valence-corrected chi connectivity index (χ3v) is 3.97. The van der Waals surface area contributed by atoms with Crippen LogP contribution in [0.15, 0.2) is 18.2 Å². The zero-order valence-electron chi connectivity index (χ0n) is 10.0. The van der Waals surface area contributed by atoms with Gasteiger partial charge in [-0.15, -0.1) is 0 Å². The number of thioether (sulfide) groups is 1. The number of halogens is 2. The van der Waals surface area contributed by atoms with E-state index in [1.54, 1.807) is 6.07 Å². The number of nitrogens with two attached hydrogens (primary N) is 1. The zero-order chi connectivity index (χ0) is 12.8. The van der Waals surface area contributed by atoms with Gasteiger partial charge in [0.15, 0.2) is 0 Å². The molecule has 0 saturated carbocycles. The minimum Gasteiger partial charge on any atom is -0.271 e. The van der Waals surface area contributed by atoms with Gasteiger partial charge in [0.2, 0.25) is 0 Å². The van der Waals surface area contributed by atoms with Crippen LogP contribution in [0.3, 0.4) is 0 Å². The van der Waals surface area contributed by atoms with Gasteiger partial charge >= 0.3 is 0 Å². The Morgan fingerprint density at radius 3 is 2.76 bits per heavy atom. The Bertz CT molecular complexity index is 360. The van der Waals surface area contributed by atoms with E-state index in [-0.39, 0.29) is 11.9 Å². The lowest BCUT2D eigenvalue weighted by Crippen LogP contribution is -2.39. The Balaban J connectivity index is 2.63. The lowest BCUT2D eigenvalue weighted by Gasteiger charge is -2.17. The normalized spacial score (nSPS) is 13.1. The van der Waals surface area contributed by atoms with Crippen molar-refractivity contribution in [2.24, 2.45) is 5.84 Å². The van der Waals surface area contributed by atoms with E-state index in [9.17, 15) is 4.39 Å². The molecule has 0 aliphatic carbocycles. The van der Waals surface area contributed by atoms with Crippen LogP contribution >= 0.6 is 23.4 Å². The number of hydrazine groups is 1. The summed E-state index contributed by atoms with van der Waals surface area (Å²) < 4.78 is 13.1. The summed E-state index contributed by atoms with van der Waals surface area (Å²) in [6.07, 6.45) is 0.632. The highest BCUT2D eigenvalue weighted by Crippen LogP contribution is 2.20. The first kappa shape index (κ1) is 14.8. The van der Waals surface area contributed by atoms with Gasteiger partial charge in [0.1, 0.15) is 5.82 Å². The van der Waals surface area contributed by atoms with Gasteiger partial charge in [-0.25, -0.2) is 4.39 Å². The first-order chi connectivity index (χ1) is 8.02. The highest BCUT2D eigenvalue weighted by atomic mass is 35.5. The molecule has 5 heteroatoms. The van der Waals surface area contributed by atoms with E-state index in [1.165, 1.54) is 12.1 Å². The molecule has 1 atom stereocenters. The van der Waals surface area contributed by atoms with Crippen LogP contribution in [0.25, 0.3) is 0 Å². The molecule has 0 bridgehead atoms. The third-order valence-electron chi connectivity index (χ3n) is 2.34. The van der Waals surface area contributed by atoms with E-state index in [4.69, 9.17) is 17.4 Å². The summed E-state index contributed by atoms with van der Waals surface area (Å²) in [5, 5.41) is 1.13. The molecule has 0 aliphatic rings. The van der Waals surface area contributed by atoms with Crippen molar-refractivity contribution in [1.82, 2.24) is 5.43 Å². The van der Waals surface area contributed by atoms with Crippen LogP contribution in [0.2, 0.25) is 5.02 Å². The molecule has 1 aromatic carbocycles. The maximum Gasteiger partial charge on any atom is 0.123 e. The predicted molar refractivity (Wildman–Crippen MR) is 73.8 cm³/mol. The maximum atomic E-state index is 13.1. The molecule has 1 rings (SSSR count). The average Bonchev–Trinajstić information content (AvgIpc) is 2.28. The highest BCUT2D eigenvalue weighted by molar-refractivity contribution is 7.99. The largest absolute Gasteiger partial charge is 0.271 e. The van der Waals surface area contributed by atoms with Gasteiger partial charge in [0.05, 0.1) is 0 Å². The molecule has 0 heterocycles. The molecule has 0 aromatic heterocycles. The van der Waals surface area contributed by atoms with Crippen LogP contribution in [0.4, 0.5) is 4.39 Å². The highest BCUT2D eigenvalue weighted by Gasteiger charge is 2.12. The van der Waals surface area contributed by atoms with Crippen molar-refractivity contribution in [2.45, 2.75) is 31.6 Å². The van der Waals surface area contributed by atoms with Crippen molar-refractivity contribution in [1.29, 1.82) is 0 Å². The average molecular weight is 277 g/mol. The minimum atomic E-state index is -0.267. The number of hydrogen-bond acceptors (Lipinski definition) is 3. The second kappa shape index (κ2) is 7.21. The van der Waals surface area contributed by atoms with Gasteiger partial charge in [-0.1, -0.05) is 25.4 Å². The summed E-state index contributed by atoms with van der Waals surface area (Å²) in [6, 6.07) is 4.50. The van der Waals surface area contributed by atoms with E-state index in [0.717, 1.165) is 11.3 Å². The van der Waals surface area contributed by atoms with Crippen molar-refractivity contribution < 1.29 is 4.39 Å². The molecule has 0 spiro atoms. The SMILES string of the molecule is CC(C)SCC(Cc1cc(F)ccc1Cl)NN. The summed E-state index contributed by atoms with van der Waals surface area (Å²) in [7, 11) is 0. The van der Waals surface area contributed by atoms with Crippen molar-refractivity contribution >= 4 is 23.4 Å². The van der Waals surface area contributed by atoms with E-state index in [0.29, 0.717) is 16.7 Å². The van der Waals surface area contributed by atoms with Crippen LogP contribution in [0, 0.1) is 5.82 Å². The Morgan fingerprint density at radius 1 is 1.47 bits per heavy atom. The Hall–Kier alpha value is -0.290. The van der Waals surface area contributed by atoms with Gasteiger partial charge in [-0.2, -0.15) is 11.8 Å². The number of nitrogens with one attached hydrogen (secondary N) is 1. The van der Waals surface area contributed by atoms with Gasteiger partial charge in [0.25, 0.3) is 0 Å². The minimum absolute atomic E-state index is 0.0988. The number of hydrogen-bond donors (Lipinski definition) is 2. The molecular formula is C12H18ClFN2S. The zero-order valence-corrected chi connectivity index (χ0v) is 11.6. The van der Waals surface area contributed by atoms with Gasteiger partial charge in [-0.3, -0.25) is 11.3 Å². The van der Waals surface area contributed by atoms with E-state index in [2.05, 4.69) is 19.3 Å². The van der Waals surface area contributed by atoms with E-state index in [1.807, 2.05) is 11.8 Å². The van der Waals surface area contributed by atoms with Crippen LogP contribution in [0.1, 0.15) is 19.4 Å². The van der Waals surface area contributed by atoms with Crippen LogP contribution in [-0.4, -0.2) is 17.0 Å². The van der Waals surface area contributed by atoms with Gasteiger partial charge < -0.3 is 0 Å². The van der Waals surface area contributed by atoms with Crippen molar-refractivity contribution in [3.63, 3.8) is 0 Å². The maximum absolute atomic E-state index is 13.1. The molecule has 0 saturated heterocycles. The van der Waals surface area contributed by atoms with E-state index >= 15 is 0 Å². The van der Waals surface area contributed by atoms with E-state index < -0.39 is 0 Å². The molecule has 96 valence electrons. The quantitative estimate of drug-likeness (QED) is 0.620. The monoisotopic (exact) mass is 276 g/mol. The fourth-order valence-corrected chi connectivity index (χ4v) is 2.47.